The van der Waals surface area contributed by atoms with Crippen LogP contribution in [-0.4, -0.2) is 21.9 Å². The lowest BCUT2D eigenvalue weighted by molar-refractivity contribution is 0.0948. The van der Waals surface area contributed by atoms with Gasteiger partial charge >= 0.3 is 0 Å². The zero-order chi connectivity index (χ0) is 14.7. The first-order valence-electron chi connectivity index (χ1n) is 6.49. The topological polar surface area (TPSA) is 68.0 Å². The maximum Gasteiger partial charge on any atom is 0.252 e. The summed E-state index contributed by atoms with van der Waals surface area (Å²) in [5, 5.41) is 3.70. The van der Waals surface area contributed by atoms with Gasteiger partial charge in [-0.3, -0.25) is 9.78 Å². The molecular formula is C15H17N3OS. The molecule has 0 bridgehead atoms. The highest BCUT2D eigenvalue weighted by molar-refractivity contribution is 7.80. The number of nitrogens with zero attached hydrogens (tertiary/aromatic N) is 1. The van der Waals surface area contributed by atoms with Gasteiger partial charge in [-0.15, -0.1) is 0 Å². The van der Waals surface area contributed by atoms with Gasteiger partial charge in [-0.25, -0.2) is 0 Å². The molecule has 104 valence electrons. The molecule has 3 N–H and O–H groups in total. The van der Waals surface area contributed by atoms with Gasteiger partial charge in [0.25, 0.3) is 5.91 Å². The fourth-order valence-electron chi connectivity index (χ4n) is 2.11. The van der Waals surface area contributed by atoms with Crippen molar-refractivity contribution in [2.24, 2.45) is 5.73 Å². The number of benzene rings is 1. The number of hydrogen-bond donors (Lipinski definition) is 2. The molecule has 0 saturated carbocycles. The number of fused-ring (bicyclic) bond motifs is 1. The van der Waals surface area contributed by atoms with E-state index >= 15 is 0 Å². The summed E-state index contributed by atoms with van der Waals surface area (Å²) in [7, 11) is 0. The van der Waals surface area contributed by atoms with Crippen LogP contribution in [0.1, 0.15) is 29.4 Å². The zero-order valence-corrected chi connectivity index (χ0v) is 12.3. The third-order valence-corrected chi connectivity index (χ3v) is 3.43. The maximum atomic E-state index is 12.4. The molecule has 20 heavy (non-hydrogen) atoms. The fourth-order valence-corrected chi connectivity index (χ4v) is 2.33. The number of nitrogens with two attached hydrogens (primary N) is 1. The molecule has 0 saturated heterocycles. The van der Waals surface area contributed by atoms with Crippen LogP contribution in [-0.2, 0) is 0 Å². The molecule has 2 rings (SSSR count). The highest BCUT2D eigenvalue weighted by Crippen LogP contribution is 2.18. The number of rotatable bonds is 4. The summed E-state index contributed by atoms with van der Waals surface area (Å²) >= 11 is 4.96. The molecule has 5 heteroatoms. The second kappa shape index (κ2) is 5.96. The average Bonchev–Trinajstić information content (AvgIpc) is 2.43. The van der Waals surface area contributed by atoms with E-state index < -0.39 is 0 Å². The van der Waals surface area contributed by atoms with Crippen LogP contribution in [0.15, 0.2) is 30.3 Å². The van der Waals surface area contributed by atoms with E-state index in [9.17, 15) is 4.79 Å². The van der Waals surface area contributed by atoms with Crippen LogP contribution in [0.3, 0.4) is 0 Å². The Morgan fingerprint density at radius 2 is 2.15 bits per heavy atom. The molecule has 1 aromatic carbocycles. The van der Waals surface area contributed by atoms with Crippen LogP contribution < -0.4 is 11.1 Å². The van der Waals surface area contributed by atoms with Gasteiger partial charge in [0.1, 0.15) is 0 Å². The molecule has 1 unspecified atom stereocenters. The van der Waals surface area contributed by atoms with Crippen molar-refractivity contribution >= 4 is 34.0 Å². The van der Waals surface area contributed by atoms with Crippen LogP contribution in [0.2, 0.25) is 0 Å². The smallest absolute Gasteiger partial charge is 0.252 e. The van der Waals surface area contributed by atoms with Gasteiger partial charge in [0.15, 0.2) is 0 Å². The number of carbonyl (C=O) groups excluding carboxylic acids is 1. The molecule has 0 aliphatic carbocycles. The summed E-state index contributed by atoms with van der Waals surface area (Å²) in [5.74, 6) is -0.175. The predicted molar refractivity (Wildman–Crippen MR) is 84.8 cm³/mol. The number of pyridine rings is 1. The molecule has 1 aromatic heterocycles. The Hall–Kier alpha value is -2.01. The fraction of sp³-hybridized carbons (Fsp3) is 0.267. The number of amides is 1. The van der Waals surface area contributed by atoms with E-state index in [1.165, 1.54) is 0 Å². The third-order valence-electron chi connectivity index (χ3n) is 3.15. The van der Waals surface area contributed by atoms with Gasteiger partial charge < -0.3 is 11.1 Å². The first-order valence-corrected chi connectivity index (χ1v) is 6.90. The maximum absolute atomic E-state index is 12.4. The SMILES string of the molecule is CCC(NC(=O)c1cc(C)nc2ccccc12)C(N)=S. The van der Waals surface area contributed by atoms with Crippen LogP contribution in [0.25, 0.3) is 10.9 Å². The Morgan fingerprint density at radius 3 is 2.80 bits per heavy atom. The van der Waals surface area contributed by atoms with Gasteiger partial charge in [0.05, 0.1) is 22.1 Å². The van der Waals surface area contributed by atoms with E-state index in [1.54, 1.807) is 6.07 Å². The Labute approximate surface area is 123 Å². The van der Waals surface area contributed by atoms with E-state index in [-0.39, 0.29) is 11.9 Å². The summed E-state index contributed by atoms with van der Waals surface area (Å²) in [5.41, 5.74) is 7.83. The molecule has 0 aliphatic heterocycles. The molecular weight excluding hydrogens is 270 g/mol. The first kappa shape index (κ1) is 14.4. The zero-order valence-electron chi connectivity index (χ0n) is 11.5. The van der Waals surface area contributed by atoms with Crippen molar-refractivity contribution < 1.29 is 4.79 Å². The molecule has 0 aliphatic rings. The Bertz CT molecular complexity index is 669. The summed E-state index contributed by atoms with van der Waals surface area (Å²) in [6.07, 6.45) is 0.670. The van der Waals surface area contributed by atoms with Crippen molar-refractivity contribution in [3.63, 3.8) is 0 Å². The van der Waals surface area contributed by atoms with Crippen molar-refractivity contribution in [2.75, 3.05) is 0 Å². The Balaban J connectivity index is 2.41. The van der Waals surface area contributed by atoms with Gasteiger partial charge in [-0.1, -0.05) is 37.3 Å². The number of carbonyl (C=O) groups is 1. The van der Waals surface area contributed by atoms with E-state index in [2.05, 4.69) is 10.3 Å². The number of para-hydroxylation sites is 1. The van der Waals surface area contributed by atoms with Crippen molar-refractivity contribution in [3.05, 3.63) is 41.6 Å². The number of hydrogen-bond acceptors (Lipinski definition) is 3. The Morgan fingerprint density at radius 1 is 1.45 bits per heavy atom. The summed E-state index contributed by atoms with van der Waals surface area (Å²) in [4.78, 5) is 17.2. The summed E-state index contributed by atoms with van der Waals surface area (Å²) < 4.78 is 0. The van der Waals surface area contributed by atoms with Crippen molar-refractivity contribution in [1.82, 2.24) is 10.3 Å². The second-order valence-electron chi connectivity index (χ2n) is 4.67. The van der Waals surface area contributed by atoms with E-state index in [0.717, 1.165) is 16.6 Å². The van der Waals surface area contributed by atoms with Crippen LogP contribution in [0, 0.1) is 6.92 Å². The molecule has 0 fully saturated rings. The standard InChI is InChI=1S/C15H17N3OS/c1-3-12(14(16)20)18-15(19)11-8-9(2)17-13-7-5-4-6-10(11)13/h4-8,12H,3H2,1-2H3,(H2,16,20)(H,18,19). The lowest BCUT2D eigenvalue weighted by atomic mass is 10.1. The minimum absolute atomic E-state index is 0.175. The molecule has 0 radical (unpaired) electrons. The lowest BCUT2D eigenvalue weighted by Gasteiger charge is -2.16. The highest BCUT2D eigenvalue weighted by atomic mass is 32.1. The van der Waals surface area contributed by atoms with Gasteiger partial charge in [0, 0.05) is 11.1 Å². The lowest BCUT2D eigenvalue weighted by Crippen LogP contribution is -2.43. The minimum atomic E-state index is -0.287. The quantitative estimate of drug-likeness (QED) is 0.847. The molecule has 1 atom stereocenters. The minimum Gasteiger partial charge on any atom is -0.392 e. The predicted octanol–water partition coefficient (Wildman–Crippen LogP) is 2.34. The molecule has 1 amide bonds. The van der Waals surface area contributed by atoms with E-state index in [1.807, 2.05) is 38.1 Å². The van der Waals surface area contributed by atoms with Gasteiger partial charge in [-0.2, -0.15) is 0 Å². The van der Waals surface area contributed by atoms with Crippen molar-refractivity contribution in [1.29, 1.82) is 0 Å². The average molecular weight is 287 g/mol. The summed E-state index contributed by atoms with van der Waals surface area (Å²) in [6.45, 7) is 3.80. The molecule has 1 heterocycles. The molecule has 0 spiro atoms. The van der Waals surface area contributed by atoms with Gasteiger partial charge in [-0.05, 0) is 25.5 Å². The van der Waals surface area contributed by atoms with Crippen molar-refractivity contribution in [2.45, 2.75) is 26.3 Å². The number of aromatic nitrogens is 1. The largest absolute Gasteiger partial charge is 0.392 e. The monoisotopic (exact) mass is 287 g/mol. The molecule has 2 aromatic rings. The summed E-state index contributed by atoms with van der Waals surface area (Å²) in [6, 6.07) is 9.07. The highest BCUT2D eigenvalue weighted by Gasteiger charge is 2.17. The van der Waals surface area contributed by atoms with Gasteiger partial charge in [0.2, 0.25) is 0 Å². The van der Waals surface area contributed by atoms with Crippen LogP contribution in [0.4, 0.5) is 0 Å². The number of aryl methyl sites for hydroxylation is 1. The van der Waals surface area contributed by atoms with Crippen LogP contribution in [0.5, 0.6) is 0 Å². The third kappa shape index (κ3) is 2.93. The second-order valence-corrected chi connectivity index (χ2v) is 5.14. The van der Waals surface area contributed by atoms with Crippen LogP contribution >= 0.6 is 12.2 Å². The van der Waals surface area contributed by atoms with Crippen molar-refractivity contribution in [3.8, 4) is 0 Å². The Kier molecular flexibility index (Phi) is 4.29. The van der Waals surface area contributed by atoms with E-state index in [4.69, 9.17) is 18.0 Å². The number of nitrogens with one attached hydrogen (secondary N) is 1. The van der Waals surface area contributed by atoms with E-state index in [0.29, 0.717) is 17.0 Å². The molecule has 4 nitrogen and oxygen atoms in total. The first-order chi connectivity index (χ1) is 9.52. The number of thiocarbonyl (C=S) groups is 1. The normalized spacial score (nSPS) is 12.1.